The van der Waals surface area contributed by atoms with E-state index in [9.17, 15) is 9.59 Å². The van der Waals surface area contributed by atoms with E-state index in [1.165, 1.54) is 4.90 Å². The first-order valence-electron chi connectivity index (χ1n) is 8.31. The third kappa shape index (κ3) is 3.86. The largest absolute Gasteiger partial charge is 0.330 e. The van der Waals surface area contributed by atoms with Gasteiger partial charge in [-0.1, -0.05) is 66.7 Å². The minimum atomic E-state index is -0.617. The lowest BCUT2D eigenvalue weighted by Gasteiger charge is -2.20. The zero-order chi connectivity index (χ0) is 17.6. The van der Waals surface area contributed by atoms with Gasteiger partial charge in [-0.05, 0) is 23.9 Å². The number of carbonyl (C=O) groups excluding carboxylic acids is 2. The molecule has 3 rings (SSSR count). The summed E-state index contributed by atoms with van der Waals surface area (Å²) >= 11 is 0. The second-order valence-corrected chi connectivity index (χ2v) is 5.79. The fraction of sp³-hybridized carbons (Fsp3) is 0.143. The van der Waals surface area contributed by atoms with E-state index in [1.807, 2.05) is 73.7 Å². The summed E-state index contributed by atoms with van der Waals surface area (Å²) in [5.74, 6) is -1.14. The van der Waals surface area contributed by atoms with E-state index in [1.54, 1.807) is 6.07 Å². The van der Waals surface area contributed by atoms with Crippen LogP contribution in [0.2, 0.25) is 0 Å². The predicted octanol–water partition coefficient (Wildman–Crippen LogP) is 3.83. The lowest BCUT2D eigenvalue weighted by Crippen LogP contribution is -2.39. The van der Waals surface area contributed by atoms with E-state index >= 15 is 0 Å². The van der Waals surface area contributed by atoms with E-state index in [4.69, 9.17) is 0 Å². The molecule has 4 heteroatoms. The summed E-state index contributed by atoms with van der Waals surface area (Å²) in [6.07, 6.45) is 0. The monoisotopic (exact) mass is 332 g/mol. The average Bonchev–Trinajstić information content (AvgIpc) is 2.66. The minimum Gasteiger partial charge on any atom is -0.330 e. The van der Waals surface area contributed by atoms with Crippen LogP contribution in [0.25, 0.3) is 10.8 Å². The number of nitrogens with zero attached hydrogens (tertiary/aromatic N) is 1. The summed E-state index contributed by atoms with van der Waals surface area (Å²) in [5.41, 5.74) is 1.64. The van der Waals surface area contributed by atoms with Crippen LogP contribution in [0.15, 0.2) is 72.8 Å². The Labute approximate surface area is 147 Å². The highest BCUT2D eigenvalue weighted by atomic mass is 16.2. The Hall–Kier alpha value is -3.14. The Morgan fingerprint density at radius 1 is 0.880 bits per heavy atom. The van der Waals surface area contributed by atoms with Crippen molar-refractivity contribution in [1.29, 1.82) is 0 Å². The second kappa shape index (κ2) is 7.62. The first kappa shape index (κ1) is 16.7. The molecule has 0 bridgehead atoms. The van der Waals surface area contributed by atoms with Gasteiger partial charge >= 0.3 is 11.8 Å². The lowest BCUT2D eigenvalue weighted by molar-refractivity contribution is -0.143. The smallest absolute Gasteiger partial charge is 0.313 e. The van der Waals surface area contributed by atoms with Crippen molar-refractivity contribution in [2.24, 2.45) is 0 Å². The predicted molar refractivity (Wildman–Crippen MR) is 100 cm³/mol. The summed E-state index contributed by atoms with van der Waals surface area (Å²) in [5, 5.41) is 4.69. The van der Waals surface area contributed by atoms with Crippen molar-refractivity contribution in [1.82, 2.24) is 4.90 Å². The molecule has 25 heavy (non-hydrogen) atoms. The number of nitrogens with one attached hydrogen (secondary N) is 1. The Kier molecular flexibility index (Phi) is 5.09. The van der Waals surface area contributed by atoms with Crippen molar-refractivity contribution < 1.29 is 9.59 Å². The number of carbonyl (C=O) groups is 2. The molecule has 1 N–H and O–H groups in total. The molecule has 3 aromatic rings. The van der Waals surface area contributed by atoms with E-state index in [2.05, 4.69) is 5.32 Å². The van der Waals surface area contributed by atoms with Crippen molar-refractivity contribution in [3.8, 4) is 0 Å². The van der Waals surface area contributed by atoms with Crippen LogP contribution in [-0.2, 0) is 16.1 Å². The molecule has 0 aliphatic carbocycles. The van der Waals surface area contributed by atoms with Gasteiger partial charge in [-0.25, -0.2) is 0 Å². The highest BCUT2D eigenvalue weighted by Crippen LogP contribution is 2.23. The van der Waals surface area contributed by atoms with Crippen molar-refractivity contribution in [2.45, 2.75) is 13.5 Å². The van der Waals surface area contributed by atoms with E-state index in [0.29, 0.717) is 18.8 Å². The van der Waals surface area contributed by atoms with Gasteiger partial charge in [0, 0.05) is 24.2 Å². The number of fused-ring (bicyclic) bond motifs is 1. The van der Waals surface area contributed by atoms with Gasteiger partial charge in [0.05, 0.1) is 0 Å². The molecule has 0 radical (unpaired) electrons. The number of benzene rings is 3. The van der Waals surface area contributed by atoms with Crippen LogP contribution in [0.1, 0.15) is 12.5 Å². The van der Waals surface area contributed by atoms with Crippen molar-refractivity contribution in [3.63, 3.8) is 0 Å². The quantitative estimate of drug-likeness (QED) is 0.738. The second-order valence-electron chi connectivity index (χ2n) is 5.79. The van der Waals surface area contributed by atoms with E-state index in [0.717, 1.165) is 16.3 Å². The topological polar surface area (TPSA) is 49.4 Å². The molecule has 2 amide bonds. The SMILES string of the molecule is CCN(Cc1ccccc1)C(=O)C(=O)Nc1cccc2ccccc12. The maximum atomic E-state index is 12.5. The molecular formula is C21H20N2O2. The molecule has 0 heterocycles. The van der Waals surface area contributed by atoms with Gasteiger partial charge in [0.15, 0.2) is 0 Å². The molecule has 0 atom stereocenters. The molecule has 0 spiro atoms. The molecule has 0 unspecified atom stereocenters. The Morgan fingerprint density at radius 3 is 2.32 bits per heavy atom. The maximum Gasteiger partial charge on any atom is 0.313 e. The standard InChI is InChI=1S/C21H20N2O2/c1-2-23(15-16-9-4-3-5-10-16)21(25)20(24)22-19-14-8-12-17-11-6-7-13-18(17)19/h3-14H,2,15H2,1H3,(H,22,24). The third-order valence-electron chi connectivity index (χ3n) is 4.12. The number of likely N-dealkylation sites (N-methyl/N-ethyl adjacent to an activating group) is 1. The number of anilines is 1. The summed E-state index contributed by atoms with van der Waals surface area (Å²) in [6, 6.07) is 23.0. The van der Waals surface area contributed by atoms with Gasteiger partial charge in [0.1, 0.15) is 0 Å². The summed E-state index contributed by atoms with van der Waals surface area (Å²) in [6.45, 7) is 2.75. The van der Waals surface area contributed by atoms with E-state index < -0.39 is 11.8 Å². The summed E-state index contributed by atoms with van der Waals surface area (Å²) < 4.78 is 0. The molecule has 3 aromatic carbocycles. The van der Waals surface area contributed by atoms with Gasteiger partial charge in [-0.15, -0.1) is 0 Å². The molecule has 0 saturated carbocycles. The molecule has 0 aliphatic rings. The van der Waals surface area contributed by atoms with Gasteiger partial charge in [0.2, 0.25) is 0 Å². The fourth-order valence-electron chi connectivity index (χ4n) is 2.78. The number of amides is 2. The lowest BCUT2D eigenvalue weighted by atomic mass is 10.1. The highest BCUT2D eigenvalue weighted by molar-refractivity contribution is 6.40. The molecule has 126 valence electrons. The van der Waals surface area contributed by atoms with Crippen LogP contribution in [0, 0.1) is 0 Å². The van der Waals surface area contributed by atoms with Gasteiger partial charge in [-0.3, -0.25) is 9.59 Å². The third-order valence-corrected chi connectivity index (χ3v) is 4.12. The Morgan fingerprint density at radius 2 is 1.56 bits per heavy atom. The van der Waals surface area contributed by atoms with Crippen LogP contribution in [0.5, 0.6) is 0 Å². The van der Waals surface area contributed by atoms with Crippen LogP contribution in [-0.4, -0.2) is 23.3 Å². The molecule has 0 saturated heterocycles. The fourth-order valence-corrected chi connectivity index (χ4v) is 2.78. The van der Waals surface area contributed by atoms with Crippen LogP contribution in [0.4, 0.5) is 5.69 Å². The zero-order valence-electron chi connectivity index (χ0n) is 14.1. The van der Waals surface area contributed by atoms with Crippen molar-refractivity contribution in [3.05, 3.63) is 78.4 Å². The van der Waals surface area contributed by atoms with Crippen LogP contribution in [0.3, 0.4) is 0 Å². The van der Waals surface area contributed by atoms with Crippen LogP contribution >= 0.6 is 0 Å². The number of hydrogen-bond acceptors (Lipinski definition) is 2. The maximum absolute atomic E-state index is 12.5. The summed E-state index contributed by atoms with van der Waals surface area (Å²) in [7, 11) is 0. The molecule has 0 aromatic heterocycles. The van der Waals surface area contributed by atoms with Crippen LogP contribution < -0.4 is 5.32 Å². The molecule has 0 fully saturated rings. The zero-order valence-corrected chi connectivity index (χ0v) is 14.1. The van der Waals surface area contributed by atoms with Gasteiger partial charge in [-0.2, -0.15) is 0 Å². The van der Waals surface area contributed by atoms with Crippen molar-refractivity contribution in [2.75, 3.05) is 11.9 Å². The molecule has 0 aliphatic heterocycles. The molecule has 4 nitrogen and oxygen atoms in total. The normalized spacial score (nSPS) is 10.4. The first-order chi connectivity index (χ1) is 12.2. The average molecular weight is 332 g/mol. The van der Waals surface area contributed by atoms with Crippen molar-refractivity contribution >= 4 is 28.3 Å². The Balaban J connectivity index is 1.76. The van der Waals surface area contributed by atoms with E-state index in [-0.39, 0.29) is 0 Å². The minimum absolute atomic E-state index is 0.416. The molecular weight excluding hydrogens is 312 g/mol. The highest BCUT2D eigenvalue weighted by Gasteiger charge is 2.21. The number of rotatable bonds is 4. The van der Waals surface area contributed by atoms with Gasteiger partial charge < -0.3 is 10.2 Å². The first-order valence-corrected chi connectivity index (χ1v) is 8.31. The Bertz CT molecular complexity index is 885. The van der Waals surface area contributed by atoms with Gasteiger partial charge in [0.25, 0.3) is 0 Å². The number of hydrogen-bond donors (Lipinski definition) is 1. The summed E-state index contributed by atoms with van der Waals surface area (Å²) in [4.78, 5) is 26.5.